The highest BCUT2D eigenvalue weighted by Crippen LogP contribution is 2.24. The molecule has 8 heteroatoms. The Labute approximate surface area is 127 Å². The standard InChI is InChI=1S/C14H20N4O4/c19-12-2-1-11(15-16-12)13(20)18-4-3-14(21,10-18)9-17-5-7-22-8-6-17/h1-2,21H,3-10H2,(H,16,19)/t14-/m0/s1. The molecule has 0 unspecified atom stereocenters. The number of H-pyrrole nitrogens is 1. The number of rotatable bonds is 3. The van der Waals surface area contributed by atoms with Crippen LogP contribution in [0.1, 0.15) is 16.9 Å². The Morgan fingerprint density at radius 1 is 1.36 bits per heavy atom. The van der Waals surface area contributed by atoms with Gasteiger partial charge < -0.3 is 14.7 Å². The number of ether oxygens (including phenoxy) is 1. The summed E-state index contributed by atoms with van der Waals surface area (Å²) >= 11 is 0. The van der Waals surface area contributed by atoms with Gasteiger partial charge in [-0.15, -0.1) is 0 Å². The smallest absolute Gasteiger partial charge is 0.274 e. The van der Waals surface area contributed by atoms with Crippen LogP contribution in [0.3, 0.4) is 0 Å². The van der Waals surface area contributed by atoms with Gasteiger partial charge in [0.05, 0.1) is 25.4 Å². The van der Waals surface area contributed by atoms with Crippen LogP contribution in [0.25, 0.3) is 0 Å². The number of amides is 1. The predicted octanol–water partition coefficient (Wildman–Crippen LogP) is -1.32. The van der Waals surface area contributed by atoms with Crippen molar-refractivity contribution in [2.24, 2.45) is 0 Å². The molecule has 0 aromatic carbocycles. The third-order valence-corrected chi connectivity index (χ3v) is 4.14. The third-order valence-electron chi connectivity index (χ3n) is 4.14. The highest BCUT2D eigenvalue weighted by molar-refractivity contribution is 5.92. The largest absolute Gasteiger partial charge is 0.387 e. The average molecular weight is 308 g/mol. The van der Waals surface area contributed by atoms with Gasteiger partial charge in [-0.2, -0.15) is 5.10 Å². The van der Waals surface area contributed by atoms with Gasteiger partial charge >= 0.3 is 0 Å². The van der Waals surface area contributed by atoms with Gasteiger partial charge in [0.15, 0.2) is 0 Å². The van der Waals surface area contributed by atoms with E-state index >= 15 is 0 Å². The number of carbonyl (C=O) groups is 1. The molecule has 3 rings (SSSR count). The van der Waals surface area contributed by atoms with Crippen LogP contribution < -0.4 is 5.56 Å². The SMILES string of the molecule is O=C(c1ccc(=O)[nH]n1)N1CC[C@](O)(CN2CCOCC2)C1. The number of carbonyl (C=O) groups excluding carboxylic acids is 1. The Kier molecular flexibility index (Phi) is 4.23. The van der Waals surface area contributed by atoms with E-state index in [-0.39, 0.29) is 23.7 Å². The van der Waals surface area contributed by atoms with E-state index in [0.29, 0.717) is 32.7 Å². The molecule has 1 aromatic heterocycles. The van der Waals surface area contributed by atoms with Crippen LogP contribution in [0.15, 0.2) is 16.9 Å². The number of aliphatic hydroxyl groups is 1. The van der Waals surface area contributed by atoms with Crippen molar-refractivity contribution in [2.45, 2.75) is 12.0 Å². The zero-order chi connectivity index (χ0) is 15.6. The maximum absolute atomic E-state index is 12.3. The van der Waals surface area contributed by atoms with Crippen LogP contribution in [0.4, 0.5) is 0 Å². The van der Waals surface area contributed by atoms with Gasteiger partial charge in [-0.05, 0) is 12.5 Å². The number of likely N-dealkylation sites (tertiary alicyclic amines) is 1. The lowest BCUT2D eigenvalue weighted by molar-refractivity contribution is -0.0257. The quantitative estimate of drug-likeness (QED) is 0.718. The van der Waals surface area contributed by atoms with Crippen molar-refractivity contribution in [3.05, 3.63) is 28.2 Å². The zero-order valence-electron chi connectivity index (χ0n) is 12.3. The first-order valence-electron chi connectivity index (χ1n) is 7.43. The molecule has 0 spiro atoms. The maximum Gasteiger partial charge on any atom is 0.274 e. The first-order chi connectivity index (χ1) is 10.6. The van der Waals surface area contributed by atoms with Crippen molar-refractivity contribution in [3.63, 3.8) is 0 Å². The first-order valence-corrected chi connectivity index (χ1v) is 7.43. The van der Waals surface area contributed by atoms with E-state index in [1.807, 2.05) is 0 Å². The summed E-state index contributed by atoms with van der Waals surface area (Å²) in [7, 11) is 0. The monoisotopic (exact) mass is 308 g/mol. The summed E-state index contributed by atoms with van der Waals surface area (Å²) in [5.41, 5.74) is -1.05. The number of β-amino-alcohol motifs (C(OH)–C–C–N with tert-alkyl or cyclic N) is 1. The molecule has 0 bridgehead atoms. The Bertz CT molecular complexity index is 578. The number of aromatic amines is 1. The van der Waals surface area contributed by atoms with Crippen molar-refractivity contribution >= 4 is 5.91 Å². The van der Waals surface area contributed by atoms with Gasteiger partial charge in [0.1, 0.15) is 5.69 Å². The topological polar surface area (TPSA) is 98.8 Å². The van der Waals surface area contributed by atoms with Crippen molar-refractivity contribution in [1.29, 1.82) is 0 Å². The fourth-order valence-corrected chi connectivity index (χ4v) is 2.96. The second-order valence-electron chi connectivity index (χ2n) is 5.90. The van der Waals surface area contributed by atoms with Crippen molar-refractivity contribution in [1.82, 2.24) is 20.0 Å². The highest BCUT2D eigenvalue weighted by atomic mass is 16.5. The number of nitrogens with zero attached hydrogens (tertiary/aromatic N) is 3. The van der Waals surface area contributed by atoms with Crippen molar-refractivity contribution in [2.75, 3.05) is 45.9 Å². The van der Waals surface area contributed by atoms with Gasteiger partial charge in [-0.3, -0.25) is 14.5 Å². The van der Waals surface area contributed by atoms with Crippen molar-refractivity contribution < 1.29 is 14.6 Å². The second-order valence-corrected chi connectivity index (χ2v) is 5.90. The fraction of sp³-hybridized carbons (Fsp3) is 0.643. The van der Waals surface area contributed by atoms with E-state index in [0.717, 1.165) is 13.1 Å². The normalized spacial score (nSPS) is 26.3. The van der Waals surface area contributed by atoms with Crippen LogP contribution in [-0.2, 0) is 4.74 Å². The number of hydrogen-bond acceptors (Lipinski definition) is 6. The minimum Gasteiger partial charge on any atom is -0.387 e. The number of morpholine rings is 1. The lowest BCUT2D eigenvalue weighted by atomic mass is 10.0. The molecule has 2 saturated heterocycles. The second kappa shape index (κ2) is 6.15. The van der Waals surface area contributed by atoms with Gasteiger partial charge in [-0.1, -0.05) is 0 Å². The van der Waals surface area contributed by atoms with Crippen molar-refractivity contribution in [3.8, 4) is 0 Å². The summed E-state index contributed by atoms with van der Waals surface area (Å²) < 4.78 is 5.30. The van der Waals surface area contributed by atoms with Crippen LogP contribution in [-0.4, -0.2) is 82.5 Å². The average Bonchev–Trinajstić information content (AvgIpc) is 2.90. The maximum atomic E-state index is 12.3. The van der Waals surface area contributed by atoms with E-state index in [9.17, 15) is 14.7 Å². The van der Waals surface area contributed by atoms with E-state index in [1.54, 1.807) is 4.90 Å². The molecule has 1 atom stereocenters. The lowest BCUT2D eigenvalue weighted by Gasteiger charge is -2.33. The zero-order valence-corrected chi connectivity index (χ0v) is 12.3. The van der Waals surface area contributed by atoms with E-state index in [2.05, 4.69) is 15.1 Å². The van der Waals surface area contributed by atoms with Gasteiger partial charge in [0.2, 0.25) is 0 Å². The number of nitrogens with one attached hydrogen (secondary N) is 1. The number of hydrogen-bond donors (Lipinski definition) is 2. The molecule has 22 heavy (non-hydrogen) atoms. The molecule has 0 radical (unpaired) electrons. The minimum absolute atomic E-state index is 0.190. The lowest BCUT2D eigenvalue weighted by Crippen LogP contribution is -2.49. The molecule has 1 aromatic rings. The third kappa shape index (κ3) is 3.34. The summed E-state index contributed by atoms with van der Waals surface area (Å²) in [6.07, 6.45) is 0.541. The molecule has 2 N–H and O–H groups in total. The summed E-state index contributed by atoms with van der Waals surface area (Å²) in [6, 6.07) is 2.68. The molecular formula is C14H20N4O4. The molecule has 0 saturated carbocycles. The van der Waals surface area contributed by atoms with Crippen LogP contribution in [0, 0.1) is 0 Å². The summed E-state index contributed by atoms with van der Waals surface area (Å²) in [5.74, 6) is -0.269. The Morgan fingerprint density at radius 3 is 2.82 bits per heavy atom. The molecule has 3 heterocycles. The molecule has 8 nitrogen and oxygen atoms in total. The summed E-state index contributed by atoms with van der Waals surface area (Å²) in [6.45, 7) is 4.28. The van der Waals surface area contributed by atoms with E-state index in [1.165, 1.54) is 12.1 Å². The van der Waals surface area contributed by atoms with Gasteiger partial charge in [0, 0.05) is 32.2 Å². The highest BCUT2D eigenvalue weighted by Gasteiger charge is 2.40. The molecule has 1 amide bonds. The minimum atomic E-state index is -0.894. The number of aromatic nitrogens is 2. The molecule has 2 fully saturated rings. The van der Waals surface area contributed by atoms with E-state index < -0.39 is 5.60 Å². The molecule has 120 valence electrons. The van der Waals surface area contributed by atoms with E-state index in [4.69, 9.17) is 4.74 Å². The molecule has 0 aliphatic carbocycles. The van der Waals surface area contributed by atoms with Crippen LogP contribution in [0.5, 0.6) is 0 Å². The fourth-order valence-electron chi connectivity index (χ4n) is 2.96. The summed E-state index contributed by atoms with van der Waals surface area (Å²) in [4.78, 5) is 27.1. The van der Waals surface area contributed by atoms with Gasteiger partial charge in [0.25, 0.3) is 11.5 Å². The Balaban J connectivity index is 1.62. The molecule has 2 aliphatic rings. The van der Waals surface area contributed by atoms with Crippen LogP contribution in [0.2, 0.25) is 0 Å². The summed E-state index contributed by atoms with van der Waals surface area (Å²) in [5, 5.41) is 16.7. The Morgan fingerprint density at radius 2 is 2.14 bits per heavy atom. The predicted molar refractivity (Wildman–Crippen MR) is 77.6 cm³/mol. The van der Waals surface area contributed by atoms with Crippen LogP contribution >= 0.6 is 0 Å². The first kappa shape index (κ1) is 15.1. The van der Waals surface area contributed by atoms with Gasteiger partial charge in [-0.25, -0.2) is 5.10 Å². The molecule has 2 aliphatic heterocycles. The molecular weight excluding hydrogens is 288 g/mol. The Hall–Kier alpha value is -1.77.